The average Bonchev–Trinajstić information content (AvgIpc) is 3.15. The molecule has 2 heterocycles. The molecule has 0 aliphatic carbocycles. The third kappa shape index (κ3) is 2.56. The van der Waals surface area contributed by atoms with Crippen LogP contribution in [0.1, 0.15) is 17.3 Å². The number of carbonyl (C=O) groups is 1. The van der Waals surface area contributed by atoms with Gasteiger partial charge in [-0.2, -0.15) is 0 Å². The predicted octanol–water partition coefficient (Wildman–Crippen LogP) is 3.91. The van der Waals surface area contributed by atoms with Gasteiger partial charge in [-0.1, -0.05) is 18.2 Å². The summed E-state index contributed by atoms with van der Waals surface area (Å²) >= 11 is 0. The molecule has 0 spiro atoms. The highest BCUT2D eigenvalue weighted by Gasteiger charge is 2.28. The van der Waals surface area contributed by atoms with Gasteiger partial charge in [0.1, 0.15) is 11.9 Å². The van der Waals surface area contributed by atoms with Crippen LogP contribution >= 0.6 is 0 Å². The zero-order chi connectivity index (χ0) is 16.5. The van der Waals surface area contributed by atoms with Gasteiger partial charge in [-0.15, -0.1) is 0 Å². The predicted molar refractivity (Wildman–Crippen MR) is 94.0 cm³/mol. The number of carbonyl (C=O) groups excluding carboxylic acids is 1. The number of rotatable bonds is 2. The van der Waals surface area contributed by atoms with Crippen molar-refractivity contribution in [3.05, 3.63) is 78.6 Å². The molecule has 0 saturated carbocycles. The third-order valence-corrected chi connectivity index (χ3v) is 4.16. The van der Waals surface area contributed by atoms with Gasteiger partial charge in [0, 0.05) is 23.6 Å². The highest BCUT2D eigenvalue weighted by atomic mass is 16.5. The largest absolute Gasteiger partial charge is 0.487 e. The molecule has 4 rings (SSSR count). The van der Waals surface area contributed by atoms with E-state index in [0.29, 0.717) is 12.1 Å². The van der Waals surface area contributed by atoms with Gasteiger partial charge < -0.3 is 14.2 Å². The lowest BCUT2D eigenvalue weighted by atomic mass is 10.1. The van der Waals surface area contributed by atoms with Crippen molar-refractivity contribution < 1.29 is 9.53 Å². The van der Waals surface area contributed by atoms with Gasteiger partial charge in [-0.3, -0.25) is 4.79 Å². The Bertz CT molecular complexity index is 871. The Morgan fingerprint density at radius 2 is 1.83 bits per heavy atom. The van der Waals surface area contributed by atoms with E-state index in [1.54, 1.807) is 4.90 Å². The summed E-state index contributed by atoms with van der Waals surface area (Å²) in [5, 5.41) is 0. The van der Waals surface area contributed by atoms with Gasteiger partial charge in [0.2, 0.25) is 0 Å². The van der Waals surface area contributed by atoms with Gasteiger partial charge >= 0.3 is 0 Å². The highest BCUT2D eigenvalue weighted by Crippen LogP contribution is 2.34. The minimum absolute atomic E-state index is 0.00777. The minimum Gasteiger partial charge on any atom is -0.487 e. The smallest absolute Gasteiger partial charge is 0.258 e. The maximum absolute atomic E-state index is 13.1. The molecule has 0 radical (unpaired) electrons. The molecular weight excluding hydrogens is 300 g/mol. The Morgan fingerprint density at radius 1 is 1.04 bits per heavy atom. The molecule has 4 heteroatoms. The summed E-state index contributed by atoms with van der Waals surface area (Å²) in [6.07, 6.45) is 3.90. The molecular formula is C20H18N2O2. The minimum atomic E-state index is -0.0310. The van der Waals surface area contributed by atoms with Crippen molar-refractivity contribution in [3.63, 3.8) is 0 Å². The third-order valence-electron chi connectivity index (χ3n) is 4.16. The van der Waals surface area contributed by atoms with Gasteiger partial charge in [-0.25, -0.2) is 0 Å². The van der Waals surface area contributed by atoms with Gasteiger partial charge in [-0.05, 0) is 49.4 Å². The summed E-state index contributed by atoms with van der Waals surface area (Å²) < 4.78 is 7.83. The molecule has 4 nitrogen and oxygen atoms in total. The zero-order valence-corrected chi connectivity index (χ0v) is 13.4. The molecule has 1 aliphatic heterocycles. The van der Waals surface area contributed by atoms with Crippen LogP contribution in [-0.4, -0.2) is 23.1 Å². The molecule has 0 fully saturated rings. The van der Waals surface area contributed by atoms with Crippen LogP contribution in [0.2, 0.25) is 0 Å². The van der Waals surface area contributed by atoms with Crippen molar-refractivity contribution in [3.8, 4) is 11.4 Å². The first kappa shape index (κ1) is 14.6. The number of amides is 1. The first-order chi connectivity index (χ1) is 11.7. The van der Waals surface area contributed by atoms with Crippen LogP contribution in [0, 0.1) is 0 Å². The van der Waals surface area contributed by atoms with E-state index in [1.807, 2.05) is 84.5 Å². The quantitative estimate of drug-likeness (QED) is 0.718. The summed E-state index contributed by atoms with van der Waals surface area (Å²) in [6, 6.07) is 19.3. The van der Waals surface area contributed by atoms with Crippen LogP contribution in [0.15, 0.2) is 73.1 Å². The second-order valence-corrected chi connectivity index (χ2v) is 5.95. The molecule has 0 bridgehead atoms. The Balaban J connectivity index is 1.71. The lowest BCUT2D eigenvalue weighted by molar-refractivity contribution is 0.0961. The van der Waals surface area contributed by atoms with Gasteiger partial charge in [0.05, 0.1) is 12.2 Å². The first-order valence-corrected chi connectivity index (χ1v) is 8.03. The van der Waals surface area contributed by atoms with Crippen molar-refractivity contribution >= 4 is 11.6 Å². The van der Waals surface area contributed by atoms with E-state index in [0.717, 1.165) is 17.1 Å². The van der Waals surface area contributed by atoms with E-state index in [2.05, 4.69) is 0 Å². The average molecular weight is 318 g/mol. The van der Waals surface area contributed by atoms with E-state index < -0.39 is 0 Å². The Morgan fingerprint density at radius 3 is 2.67 bits per heavy atom. The standard InChI is InChI=1S/C20H18N2O2/c1-15-14-22(18-9-2-3-10-19(18)24-15)20(23)16-7-6-8-17(13-16)21-11-4-5-12-21/h2-13,15H,14H2,1H3. The fraction of sp³-hybridized carbons (Fsp3) is 0.150. The number of para-hydroxylation sites is 2. The number of nitrogens with zero attached hydrogens (tertiary/aromatic N) is 2. The SMILES string of the molecule is CC1CN(C(=O)c2cccc(-n3cccc3)c2)c2ccccc2O1. The fourth-order valence-electron chi connectivity index (χ4n) is 3.04. The van der Waals surface area contributed by atoms with Crippen LogP contribution in [0.5, 0.6) is 5.75 Å². The number of aromatic nitrogens is 1. The monoisotopic (exact) mass is 318 g/mol. The number of hydrogen-bond acceptors (Lipinski definition) is 2. The molecule has 1 amide bonds. The van der Waals surface area contributed by atoms with Crippen LogP contribution in [0.4, 0.5) is 5.69 Å². The zero-order valence-electron chi connectivity index (χ0n) is 13.4. The van der Waals surface area contributed by atoms with E-state index >= 15 is 0 Å². The first-order valence-electron chi connectivity index (χ1n) is 8.03. The lowest BCUT2D eigenvalue weighted by Crippen LogP contribution is -2.42. The molecule has 0 N–H and O–H groups in total. The second-order valence-electron chi connectivity index (χ2n) is 5.95. The fourth-order valence-corrected chi connectivity index (χ4v) is 3.04. The molecule has 1 atom stereocenters. The molecule has 1 aromatic heterocycles. The Hall–Kier alpha value is -3.01. The van der Waals surface area contributed by atoms with E-state index in [4.69, 9.17) is 4.74 Å². The van der Waals surface area contributed by atoms with Crippen molar-refractivity contribution in [1.82, 2.24) is 4.57 Å². The summed E-state index contributed by atoms with van der Waals surface area (Å²) in [7, 11) is 0. The van der Waals surface area contributed by atoms with Crippen molar-refractivity contribution in [2.24, 2.45) is 0 Å². The molecule has 0 saturated heterocycles. The van der Waals surface area contributed by atoms with Crippen LogP contribution in [-0.2, 0) is 0 Å². The summed E-state index contributed by atoms with van der Waals surface area (Å²) in [5.41, 5.74) is 2.47. The highest BCUT2D eigenvalue weighted by molar-refractivity contribution is 6.07. The summed E-state index contributed by atoms with van der Waals surface area (Å²) in [5.74, 6) is 0.748. The maximum Gasteiger partial charge on any atom is 0.258 e. The maximum atomic E-state index is 13.1. The van der Waals surface area contributed by atoms with Crippen LogP contribution < -0.4 is 9.64 Å². The molecule has 3 aromatic rings. The van der Waals surface area contributed by atoms with Crippen LogP contribution in [0.25, 0.3) is 5.69 Å². The van der Waals surface area contributed by atoms with E-state index in [9.17, 15) is 4.79 Å². The number of benzene rings is 2. The normalized spacial score (nSPS) is 16.4. The number of anilines is 1. The molecule has 24 heavy (non-hydrogen) atoms. The summed E-state index contributed by atoms with van der Waals surface area (Å²) in [4.78, 5) is 14.9. The number of fused-ring (bicyclic) bond motifs is 1. The van der Waals surface area contributed by atoms with Crippen LogP contribution in [0.3, 0.4) is 0 Å². The molecule has 1 aliphatic rings. The van der Waals surface area contributed by atoms with E-state index in [-0.39, 0.29) is 12.0 Å². The Labute approximate surface area is 140 Å². The van der Waals surface area contributed by atoms with Crippen molar-refractivity contribution in [2.75, 3.05) is 11.4 Å². The number of hydrogen-bond donors (Lipinski definition) is 0. The lowest BCUT2D eigenvalue weighted by Gasteiger charge is -2.33. The van der Waals surface area contributed by atoms with Crippen molar-refractivity contribution in [1.29, 1.82) is 0 Å². The van der Waals surface area contributed by atoms with Gasteiger partial charge in [0.25, 0.3) is 5.91 Å². The van der Waals surface area contributed by atoms with E-state index in [1.165, 1.54) is 0 Å². The van der Waals surface area contributed by atoms with Gasteiger partial charge in [0.15, 0.2) is 0 Å². The summed E-state index contributed by atoms with van der Waals surface area (Å²) in [6.45, 7) is 2.52. The molecule has 1 unspecified atom stereocenters. The molecule has 120 valence electrons. The second kappa shape index (κ2) is 5.89. The topological polar surface area (TPSA) is 34.5 Å². The molecule has 2 aromatic carbocycles. The Kier molecular flexibility index (Phi) is 3.58. The van der Waals surface area contributed by atoms with Crippen molar-refractivity contribution in [2.45, 2.75) is 13.0 Å². The number of ether oxygens (including phenoxy) is 1.